The average Bonchev–Trinajstić information content (AvgIpc) is 3.16. The van der Waals surface area contributed by atoms with Gasteiger partial charge in [-0.3, -0.25) is 14.9 Å². The van der Waals surface area contributed by atoms with Gasteiger partial charge in [-0.2, -0.15) is 0 Å². The van der Waals surface area contributed by atoms with E-state index < -0.39 is 0 Å². The lowest BCUT2D eigenvalue weighted by Gasteiger charge is -2.33. The Hall–Kier alpha value is -2.37. The summed E-state index contributed by atoms with van der Waals surface area (Å²) in [5.74, 6) is 0.0175. The fourth-order valence-corrected chi connectivity index (χ4v) is 4.03. The van der Waals surface area contributed by atoms with Crippen molar-refractivity contribution in [2.75, 3.05) is 23.3 Å². The molecule has 3 rings (SSSR count). The summed E-state index contributed by atoms with van der Waals surface area (Å²) in [7, 11) is 0. The van der Waals surface area contributed by atoms with E-state index in [9.17, 15) is 9.59 Å². The van der Waals surface area contributed by atoms with Gasteiger partial charge in [0.15, 0.2) is 0 Å². The zero-order chi connectivity index (χ0) is 20.9. The summed E-state index contributed by atoms with van der Waals surface area (Å²) in [5.41, 5.74) is 2.36. The fraction of sp³-hybridized carbons (Fsp3) is 0.391. The highest BCUT2D eigenvalue weighted by molar-refractivity contribution is 6.30. The molecule has 1 aliphatic heterocycles. The molecule has 2 aromatic carbocycles. The maximum atomic E-state index is 12.6. The lowest BCUT2D eigenvalue weighted by Crippen LogP contribution is -2.45. The molecule has 1 fully saturated rings. The molecule has 0 unspecified atom stereocenters. The first-order valence-electron chi connectivity index (χ1n) is 10.2. The molecule has 0 saturated carbocycles. The van der Waals surface area contributed by atoms with Crippen LogP contribution in [0.25, 0.3) is 0 Å². The van der Waals surface area contributed by atoms with Crippen LogP contribution in [0.2, 0.25) is 5.02 Å². The maximum Gasteiger partial charge on any atom is 0.238 e. The Morgan fingerprint density at radius 3 is 2.48 bits per heavy atom. The number of carbonyl (C=O) groups is 2. The molecule has 154 valence electrons. The summed E-state index contributed by atoms with van der Waals surface area (Å²) in [6.07, 6.45) is 3.16. The molecule has 0 aliphatic carbocycles. The number of nitrogens with zero attached hydrogens (tertiary/aromatic N) is 1. The Morgan fingerprint density at radius 1 is 1.14 bits per heavy atom. The Balaban J connectivity index is 1.65. The van der Waals surface area contributed by atoms with Crippen molar-refractivity contribution in [3.63, 3.8) is 0 Å². The van der Waals surface area contributed by atoms with E-state index in [1.54, 1.807) is 4.90 Å². The van der Waals surface area contributed by atoms with Gasteiger partial charge in [-0.15, -0.1) is 0 Å². The number of halogens is 1. The predicted octanol–water partition coefficient (Wildman–Crippen LogP) is 4.71. The van der Waals surface area contributed by atoms with E-state index in [2.05, 4.69) is 24.5 Å². The van der Waals surface area contributed by atoms with E-state index in [0.717, 1.165) is 37.1 Å². The Bertz CT molecular complexity index is 863. The molecule has 1 heterocycles. The van der Waals surface area contributed by atoms with Gasteiger partial charge < -0.3 is 10.2 Å². The minimum absolute atomic E-state index is 0.116. The van der Waals surface area contributed by atoms with Gasteiger partial charge in [0.1, 0.15) is 0 Å². The van der Waals surface area contributed by atoms with Crippen molar-refractivity contribution < 1.29 is 9.59 Å². The average molecular weight is 414 g/mol. The Morgan fingerprint density at radius 2 is 1.86 bits per heavy atom. The number of rotatable bonds is 8. The van der Waals surface area contributed by atoms with Gasteiger partial charge in [-0.1, -0.05) is 43.6 Å². The third kappa shape index (κ3) is 4.98. The minimum atomic E-state index is -0.286. The smallest absolute Gasteiger partial charge is 0.238 e. The molecule has 1 aliphatic rings. The summed E-state index contributed by atoms with van der Waals surface area (Å²) < 4.78 is 0. The largest absolute Gasteiger partial charge is 0.325 e. The van der Waals surface area contributed by atoms with Gasteiger partial charge in [0.2, 0.25) is 11.8 Å². The summed E-state index contributed by atoms with van der Waals surface area (Å²) in [6, 6.07) is 15.2. The summed E-state index contributed by atoms with van der Waals surface area (Å²) in [5, 5.41) is 7.09. The van der Waals surface area contributed by atoms with E-state index in [0.29, 0.717) is 17.1 Å². The maximum absolute atomic E-state index is 12.6. The first-order valence-corrected chi connectivity index (χ1v) is 10.6. The molecule has 0 spiro atoms. The Labute approximate surface area is 177 Å². The predicted molar refractivity (Wildman–Crippen MR) is 118 cm³/mol. The van der Waals surface area contributed by atoms with Crippen molar-refractivity contribution in [3.8, 4) is 0 Å². The lowest BCUT2D eigenvalue weighted by atomic mass is 9.84. The summed E-state index contributed by atoms with van der Waals surface area (Å²) in [6.45, 7) is 5.14. The van der Waals surface area contributed by atoms with Crippen LogP contribution in [-0.4, -0.2) is 24.9 Å². The van der Waals surface area contributed by atoms with Crippen molar-refractivity contribution in [2.24, 2.45) is 0 Å². The van der Waals surface area contributed by atoms with Crippen LogP contribution in [0.3, 0.4) is 0 Å². The molecule has 2 N–H and O–H groups in total. The molecule has 2 amide bonds. The standard InChI is InChI=1S/C23H28ClN3O2/c1-3-23(4-2,17-10-12-18(24)13-11-17)25-16-21(28)26-19-7-5-8-20(15-19)27-14-6-9-22(27)29/h5,7-8,10-13,15,25H,3-4,6,9,14,16H2,1-2H3,(H,26,28). The summed E-state index contributed by atoms with van der Waals surface area (Å²) >= 11 is 6.03. The zero-order valence-electron chi connectivity index (χ0n) is 17.0. The Kier molecular flexibility index (Phi) is 6.93. The lowest BCUT2D eigenvalue weighted by molar-refractivity contribution is -0.117. The zero-order valence-corrected chi connectivity index (χ0v) is 17.8. The van der Waals surface area contributed by atoms with E-state index in [-0.39, 0.29) is 23.9 Å². The molecule has 0 radical (unpaired) electrons. The second-order valence-corrected chi connectivity index (χ2v) is 7.83. The molecule has 0 aromatic heterocycles. The number of amides is 2. The van der Waals surface area contributed by atoms with Crippen LogP contribution in [0.1, 0.15) is 45.1 Å². The van der Waals surface area contributed by atoms with E-state index >= 15 is 0 Å². The number of carbonyl (C=O) groups excluding carboxylic acids is 2. The van der Waals surface area contributed by atoms with Crippen LogP contribution >= 0.6 is 11.6 Å². The fourth-order valence-electron chi connectivity index (χ4n) is 3.91. The van der Waals surface area contributed by atoms with Crippen LogP contribution in [0, 0.1) is 0 Å². The minimum Gasteiger partial charge on any atom is -0.325 e. The van der Waals surface area contributed by atoms with Crippen LogP contribution in [0.4, 0.5) is 11.4 Å². The number of hydrogen-bond acceptors (Lipinski definition) is 3. The normalized spacial score (nSPS) is 14.3. The molecule has 0 atom stereocenters. The number of benzene rings is 2. The van der Waals surface area contributed by atoms with Gasteiger partial charge in [-0.05, 0) is 55.2 Å². The van der Waals surface area contributed by atoms with Crippen molar-refractivity contribution in [1.29, 1.82) is 0 Å². The van der Waals surface area contributed by atoms with Crippen molar-refractivity contribution >= 4 is 34.8 Å². The molecule has 1 saturated heterocycles. The molecule has 0 bridgehead atoms. The van der Waals surface area contributed by atoms with Gasteiger partial charge in [0.25, 0.3) is 0 Å². The molecule has 29 heavy (non-hydrogen) atoms. The second kappa shape index (κ2) is 9.42. The van der Waals surface area contributed by atoms with Crippen molar-refractivity contribution in [2.45, 2.75) is 45.1 Å². The van der Waals surface area contributed by atoms with E-state index in [1.807, 2.05) is 48.5 Å². The quantitative estimate of drug-likeness (QED) is 0.658. The number of nitrogens with one attached hydrogen (secondary N) is 2. The molecule has 2 aromatic rings. The number of hydrogen-bond donors (Lipinski definition) is 2. The third-order valence-corrected chi connectivity index (χ3v) is 5.96. The van der Waals surface area contributed by atoms with Crippen LogP contribution in [0.5, 0.6) is 0 Å². The van der Waals surface area contributed by atoms with Gasteiger partial charge in [0, 0.05) is 34.9 Å². The number of anilines is 2. The molecular weight excluding hydrogens is 386 g/mol. The van der Waals surface area contributed by atoms with Gasteiger partial charge in [-0.25, -0.2) is 0 Å². The summed E-state index contributed by atoms with van der Waals surface area (Å²) in [4.78, 5) is 26.3. The van der Waals surface area contributed by atoms with E-state index in [4.69, 9.17) is 11.6 Å². The van der Waals surface area contributed by atoms with Crippen molar-refractivity contribution in [3.05, 3.63) is 59.1 Å². The van der Waals surface area contributed by atoms with Gasteiger partial charge in [0.05, 0.1) is 6.54 Å². The van der Waals surface area contributed by atoms with Gasteiger partial charge >= 0.3 is 0 Å². The topological polar surface area (TPSA) is 61.4 Å². The highest BCUT2D eigenvalue weighted by Crippen LogP contribution is 2.30. The van der Waals surface area contributed by atoms with Crippen molar-refractivity contribution in [1.82, 2.24) is 5.32 Å². The first kappa shape index (κ1) is 21.3. The van der Waals surface area contributed by atoms with Crippen LogP contribution in [0.15, 0.2) is 48.5 Å². The highest BCUT2D eigenvalue weighted by atomic mass is 35.5. The molecule has 6 heteroatoms. The second-order valence-electron chi connectivity index (χ2n) is 7.40. The molecular formula is C23H28ClN3O2. The van der Waals surface area contributed by atoms with E-state index in [1.165, 1.54) is 0 Å². The highest BCUT2D eigenvalue weighted by Gasteiger charge is 2.28. The van der Waals surface area contributed by atoms with Crippen LogP contribution < -0.4 is 15.5 Å². The molecule has 5 nitrogen and oxygen atoms in total. The van der Waals surface area contributed by atoms with Crippen LogP contribution in [-0.2, 0) is 15.1 Å². The third-order valence-electron chi connectivity index (χ3n) is 5.71. The first-order chi connectivity index (χ1) is 14.0. The SMILES string of the molecule is CCC(CC)(NCC(=O)Nc1cccc(N2CCCC2=O)c1)c1ccc(Cl)cc1. The monoisotopic (exact) mass is 413 g/mol.